The fourth-order valence-corrected chi connectivity index (χ4v) is 4.07. The lowest BCUT2D eigenvalue weighted by Crippen LogP contribution is -2.22. The molecule has 11 heavy (non-hydrogen) atoms. The standard InChI is InChI=1S/C10H12S/c1-2-9-7-3-4-8(6-7)10(9)11-5-1/h1,3-5,7-10H,2,6H2/t7-,8+,9+,10-/m1/s1. The van der Waals surface area contributed by atoms with Crippen LogP contribution in [-0.2, 0) is 0 Å². The van der Waals surface area contributed by atoms with Crippen LogP contribution in [0.4, 0.5) is 0 Å². The van der Waals surface area contributed by atoms with Gasteiger partial charge in [0, 0.05) is 5.25 Å². The predicted molar refractivity (Wildman–Crippen MR) is 49.4 cm³/mol. The lowest BCUT2D eigenvalue weighted by molar-refractivity contribution is 0.462. The summed E-state index contributed by atoms with van der Waals surface area (Å²) in [6, 6.07) is 0. The maximum absolute atomic E-state index is 2.45. The van der Waals surface area contributed by atoms with Gasteiger partial charge in [0.15, 0.2) is 0 Å². The molecule has 2 aliphatic carbocycles. The maximum atomic E-state index is 2.45. The van der Waals surface area contributed by atoms with Crippen molar-refractivity contribution in [3.8, 4) is 0 Å². The van der Waals surface area contributed by atoms with Gasteiger partial charge in [0.2, 0.25) is 0 Å². The van der Waals surface area contributed by atoms with Crippen LogP contribution in [0.5, 0.6) is 0 Å². The van der Waals surface area contributed by atoms with Crippen LogP contribution in [0.2, 0.25) is 0 Å². The average molecular weight is 164 g/mol. The second-order valence-electron chi connectivity index (χ2n) is 3.82. The van der Waals surface area contributed by atoms with E-state index >= 15 is 0 Å². The summed E-state index contributed by atoms with van der Waals surface area (Å²) < 4.78 is 0. The average Bonchev–Trinajstić information content (AvgIpc) is 2.64. The van der Waals surface area contributed by atoms with Crippen molar-refractivity contribution in [2.24, 2.45) is 17.8 Å². The number of thioether (sulfide) groups is 1. The summed E-state index contributed by atoms with van der Waals surface area (Å²) in [5.74, 6) is 2.84. The van der Waals surface area contributed by atoms with Crippen molar-refractivity contribution in [3.63, 3.8) is 0 Å². The molecule has 1 heteroatoms. The molecule has 0 N–H and O–H groups in total. The van der Waals surface area contributed by atoms with E-state index in [9.17, 15) is 0 Å². The van der Waals surface area contributed by atoms with Crippen molar-refractivity contribution in [1.29, 1.82) is 0 Å². The first kappa shape index (κ1) is 6.36. The number of hydrogen-bond donors (Lipinski definition) is 0. The molecule has 0 saturated heterocycles. The van der Waals surface area contributed by atoms with Gasteiger partial charge < -0.3 is 0 Å². The summed E-state index contributed by atoms with van der Waals surface area (Å²) in [5, 5.41) is 3.24. The van der Waals surface area contributed by atoms with E-state index in [0.29, 0.717) is 0 Å². The van der Waals surface area contributed by atoms with Gasteiger partial charge in [-0.05, 0) is 36.0 Å². The Morgan fingerprint density at radius 2 is 2.09 bits per heavy atom. The minimum Gasteiger partial charge on any atom is -0.130 e. The summed E-state index contributed by atoms with van der Waals surface area (Å²) in [4.78, 5) is 0. The van der Waals surface area contributed by atoms with E-state index in [2.05, 4.69) is 35.4 Å². The first-order valence-electron chi connectivity index (χ1n) is 4.44. The van der Waals surface area contributed by atoms with E-state index in [1.807, 2.05) is 0 Å². The normalized spacial score (nSPS) is 51.6. The highest BCUT2D eigenvalue weighted by molar-refractivity contribution is 8.02. The minimum atomic E-state index is 0.917. The van der Waals surface area contributed by atoms with Gasteiger partial charge in [-0.15, -0.1) is 11.8 Å². The van der Waals surface area contributed by atoms with E-state index < -0.39 is 0 Å². The molecule has 2 bridgehead atoms. The van der Waals surface area contributed by atoms with E-state index in [1.54, 1.807) is 0 Å². The molecule has 3 aliphatic rings. The molecule has 1 aliphatic heterocycles. The van der Waals surface area contributed by atoms with Gasteiger partial charge in [0.1, 0.15) is 0 Å². The number of rotatable bonds is 0. The van der Waals surface area contributed by atoms with Gasteiger partial charge in [-0.2, -0.15) is 0 Å². The van der Waals surface area contributed by atoms with Crippen LogP contribution in [0.3, 0.4) is 0 Å². The third-order valence-corrected chi connectivity index (χ3v) is 4.65. The molecule has 4 atom stereocenters. The van der Waals surface area contributed by atoms with E-state index in [0.717, 1.165) is 23.0 Å². The van der Waals surface area contributed by atoms with Crippen molar-refractivity contribution in [3.05, 3.63) is 23.6 Å². The molecule has 3 rings (SSSR count). The van der Waals surface area contributed by atoms with E-state index in [1.165, 1.54) is 12.8 Å². The van der Waals surface area contributed by atoms with Crippen molar-refractivity contribution in [2.45, 2.75) is 18.1 Å². The van der Waals surface area contributed by atoms with Crippen LogP contribution in [-0.4, -0.2) is 5.25 Å². The fourth-order valence-electron chi connectivity index (χ4n) is 2.75. The van der Waals surface area contributed by atoms with Crippen LogP contribution in [0.25, 0.3) is 0 Å². The summed E-state index contributed by atoms with van der Waals surface area (Å²) in [6.45, 7) is 0. The second kappa shape index (κ2) is 2.16. The third kappa shape index (κ3) is 0.778. The molecule has 0 nitrogen and oxygen atoms in total. The van der Waals surface area contributed by atoms with Gasteiger partial charge in [0.05, 0.1) is 0 Å². The zero-order chi connectivity index (χ0) is 7.26. The largest absolute Gasteiger partial charge is 0.130 e. The number of fused-ring (bicyclic) bond motifs is 5. The summed E-state index contributed by atoms with van der Waals surface area (Å²) in [5.41, 5.74) is 0. The molecule has 0 aromatic rings. The van der Waals surface area contributed by atoms with Crippen LogP contribution >= 0.6 is 11.8 Å². The number of hydrogen-bond acceptors (Lipinski definition) is 1. The zero-order valence-corrected chi connectivity index (χ0v) is 7.26. The topological polar surface area (TPSA) is 0 Å². The Morgan fingerprint density at radius 1 is 1.18 bits per heavy atom. The predicted octanol–water partition coefficient (Wildman–Crippen LogP) is 2.83. The lowest BCUT2D eigenvalue weighted by atomic mass is 9.90. The minimum absolute atomic E-state index is 0.917. The summed E-state index contributed by atoms with van der Waals surface area (Å²) in [6.07, 6.45) is 10.0. The molecule has 58 valence electrons. The molecule has 0 aromatic carbocycles. The Morgan fingerprint density at radius 3 is 3.00 bits per heavy atom. The summed E-state index contributed by atoms with van der Waals surface area (Å²) in [7, 11) is 0. The van der Waals surface area contributed by atoms with Crippen LogP contribution in [0.15, 0.2) is 23.6 Å². The monoisotopic (exact) mass is 164 g/mol. The van der Waals surface area contributed by atoms with E-state index in [4.69, 9.17) is 0 Å². The fraction of sp³-hybridized carbons (Fsp3) is 0.600. The molecular weight excluding hydrogens is 152 g/mol. The zero-order valence-electron chi connectivity index (χ0n) is 6.44. The Hall–Kier alpha value is -0.170. The van der Waals surface area contributed by atoms with Crippen molar-refractivity contribution in [1.82, 2.24) is 0 Å². The molecule has 0 unspecified atom stereocenters. The van der Waals surface area contributed by atoms with Crippen LogP contribution in [0, 0.1) is 17.8 Å². The first-order valence-corrected chi connectivity index (χ1v) is 5.38. The van der Waals surface area contributed by atoms with E-state index in [-0.39, 0.29) is 0 Å². The maximum Gasteiger partial charge on any atom is 0.0188 e. The Labute approximate surface area is 71.8 Å². The second-order valence-corrected chi connectivity index (χ2v) is 4.91. The van der Waals surface area contributed by atoms with Gasteiger partial charge in [-0.25, -0.2) is 0 Å². The Balaban J connectivity index is 1.96. The molecule has 0 aromatic heterocycles. The molecule has 0 spiro atoms. The number of allylic oxidation sites excluding steroid dienone is 3. The highest BCUT2D eigenvalue weighted by Crippen LogP contribution is 2.52. The van der Waals surface area contributed by atoms with Crippen molar-refractivity contribution in [2.75, 3.05) is 0 Å². The SMILES string of the molecule is C1=CS[C@H]2[C@@H](C1)[C@@H]1C=C[C@H]2C1. The van der Waals surface area contributed by atoms with Crippen molar-refractivity contribution < 1.29 is 0 Å². The lowest BCUT2D eigenvalue weighted by Gasteiger charge is -2.28. The molecule has 1 saturated carbocycles. The smallest absolute Gasteiger partial charge is 0.0188 e. The molecular formula is C10H12S. The Kier molecular flexibility index (Phi) is 1.25. The molecule has 1 fully saturated rings. The highest BCUT2D eigenvalue weighted by atomic mass is 32.2. The summed E-state index contributed by atoms with van der Waals surface area (Å²) >= 11 is 2.07. The highest BCUT2D eigenvalue weighted by Gasteiger charge is 2.44. The van der Waals surface area contributed by atoms with Gasteiger partial charge in [-0.1, -0.05) is 18.2 Å². The first-order chi connectivity index (χ1) is 5.45. The van der Waals surface area contributed by atoms with Gasteiger partial charge in [0.25, 0.3) is 0 Å². The van der Waals surface area contributed by atoms with Crippen LogP contribution < -0.4 is 0 Å². The van der Waals surface area contributed by atoms with Gasteiger partial charge in [-0.3, -0.25) is 0 Å². The molecule has 0 amide bonds. The van der Waals surface area contributed by atoms with Crippen LogP contribution in [0.1, 0.15) is 12.8 Å². The molecule has 1 heterocycles. The van der Waals surface area contributed by atoms with Crippen molar-refractivity contribution >= 4 is 11.8 Å². The van der Waals surface area contributed by atoms with Gasteiger partial charge >= 0.3 is 0 Å². The third-order valence-electron chi connectivity index (χ3n) is 3.28. The Bertz CT molecular complexity index is 207. The quantitative estimate of drug-likeness (QED) is 0.496. The molecule has 0 radical (unpaired) electrons.